The van der Waals surface area contributed by atoms with Crippen molar-refractivity contribution >= 4 is 0 Å². The van der Waals surface area contributed by atoms with E-state index in [9.17, 15) is 0 Å². The lowest BCUT2D eigenvalue weighted by atomic mass is 9.65. The van der Waals surface area contributed by atoms with Gasteiger partial charge < -0.3 is 4.74 Å². The van der Waals surface area contributed by atoms with Gasteiger partial charge in [-0.15, -0.1) is 0 Å². The second-order valence-electron chi connectivity index (χ2n) is 16.3. The quantitative estimate of drug-likeness (QED) is 0.179. The van der Waals surface area contributed by atoms with Crippen LogP contribution in [0, 0.1) is 0 Å². The molecule has 0 radical (unpaired) electrons. The summed E-state index contributed by atoms with van der Waals surface area (Å²) in [7, 11) is 0. The number of hydrogen-bond acceptors (Lipinski definition) is 4. The van der Waals surface area contributed by atoms with Crippen molar-refractivity contribution in [2.45, 2.75) is 24.7 Å². The van der Waals surface area contributed by atoms with E-state index in [2.05, 4.69) is 178 Å². The molecule has 278 valence electrons. The van der Waals surface area contributed by atoms with Crippen LogP contribution in [0.3, 0.4) is 0 Å². The largest absolute Gasteiger partial charge is 0.457 e. The molecule has 1 spiro atoms. The van der Waals surface area contributed by atoms with Crippen molar-refractivity contribution < 1.29 is 4.74 Å². The number of para-hydroxylation sites is 1. The van der Waals surface area contributed by atoms with Gasteiger partial charge in [-0.25, -0.2) is 15.0 Å². The Morgan fingerprint density at radius 3 is 1.51 bits per heavy atom. The van der Waals surface area contributed by atoms with Gasteiger partial charge >= 0.3 is 0 Å². The van der Waals surface area contributed by atoms with Crippen molar-refractivity contribution in [3.63, 3.8) is 0 Å². The predicted molar refractivity (Wildman–Crippen MR) is 237 cm³/mol. The summed E-state index contributed by atoms with van der Waals surface area (Å²) < 4.78 is 6.96. The second-order valence-corrected chi connectivity index (χ2v) is 16.3. The molecule has 0 saturated heterocycles. The summed E-state index contributed by atoms with van der Waals surface area (Å²) in [5.41, 5.74) is 16.5. The van der Waals surface area contributed by atoms with Gasteiger partial charge in [0.1, 0.15) is 11.5 Å². The van der Waals surface area contributed by atoms with Crippen molar-refractivity contribution in [2.24, 2.45) is 0 Å². The van der Waals surface area contributed by atoms with E-state index in [4.69, 9.17) is 19.7 Å². The Bertz CT molecular complexity index is 3110. The van der Waals surface area contributed by atoms with Crippen LogP contribution in [0.4, 0.5) is 0 Å². The van der Waals surface area contributed by atoms with E-state index in [1.807, 2.05) is 24.3 Å². The van der Waals surface area contributed by atoms with Crippen molar-refractivity contribution in [3.8, 4) is 79.0 Å². The molecule has 1 aromatic heterocycles. The number of nitrogens with zero attached hydrogens (tertiary/aromatic N) is 3. The highest BCUT2D eigenvalue weighted by Crippen LogP contribution is 2.64. The Morgan fingerprint density at radius 1 is 0.339 bits per heavy atom. The SMILES string of the molecule is CC1(C)c2cc3c(cc2-c2cccc(-c4nc(-c5ccccc5)nc(-c5ccc(-c6ccccc6)cc5)n4)c21)C1(c2ccccc2O3)c2ccccc2-c2ccccc21. The van der Waals surface area contributed by atoms with Crippen LogP contribution in [-0.2, 0) is 10.8 Å². The number of aromatic nitrogens is 3. The number of fused-ring (bicyclic) bond motifs is 12. The zero-order chi connectivity index (χ0) is 39.3. The number of ether oxygens (including phenoxy) is 1. The van der Waals surface area contributed by atoms with E-state index in [0.717, 1.165) is 39.3 Å². The van der Waals surface area contributed by atoms with Crippen molar-refractivity contribution in [3.05, 3.63) is 221 Å². The van der Waals surface area contributed by atoms with Crippen molar-refractivity contribution in [1.29, 1.82) is 0 Å². The van der Waals surface area contributed by atoms with E-state index in [1.54, 1.807) is 0 Å². The molecule has 4 heteroatoms. The molecule has 8 aromatic carbocycles. The highest BCUT2D eigenvalue weighted by Gasteiger charge is 2.52. The molecule has 1 aliphatic heterocycles. The van der Waals surface area contributed by atoms with Gasteiger partial charge in [0, 0.05) is 33.2 Å². The summed E-state index contributed by atoms with van der Waals surface area (Å²) in [6, 6.07) is 66.9. The molecular formula is C55H37N3O. The lowest BCUT2D eigenvalue weighted by Crippen LogP contribution is -2.32. The first-order valence-electron chi connectivity index (χ1n) is 20.3. The molecule has 2 aliphatic carbocycles. The van der Waals surface area contributed by atoms with E-state index in [0.29, 0.717) is 17.5 Å². The highest BCUT2D eigenvalue weighted by molar-refractivity contribution is 5.93. The molecule has 0 fully saturated rings. The van der Waals surface area contributed by atoms with Crippen molar-refractivity contribution in [2.75, 3.05) is 0 Å². The minimum absolute atomic E-state index is 0.397. The number of hydrogen-bond donors (Lipinski definition) is 0. The maximum Gasteiger partial charge on any atom is 0.164 e. The zero-order valence-corrected chi connectivity index (χ0v) is 32.6. The molecular weight excluding hydrogens is 719 g/mol. The highest BCUT2D eigenvalue weighted by atomic mass is 16.5. The summed E-state index contributed by atoms with van der Waals surface area (Å²) >= 11 is 0. The third-order valence-electron chi connectivity index (χ3n) is 12.8. The third-order valence-corrected chi connectivity index (χ3v) is 12.8. The fourth-order valence-corrected chi connectivity index (χ4v) is 10.2. The van der Waals surface area contributed by atoms with Crippen LogP contribution in [0.5, 0.6) is 11.5 Å². The lowest BCUT2D eigenvalue weighted by molar-refractivity contribution is 0.435. The second kappa shape index (κ2) is 12.5. The lowest BCUT2D eigenvalue weighted by Gasteiger charge is -2.40. The molecule has 0 unspecified atom stereocenters. The van der Waals surface area contributed by atoms with Crippen LogP contribution in [0.15, 0.2) is 188 Å². The summed E-state index contributed by atoms with van der Waals surface area (Å²) in [5.74, 6) is 3.72. The monoisotopic (exact) mass is 755 g/mol. The molecule has 0 N–H and O–H groups in total. The molecule has 4 nitrogen and oxygen atoms in total. The molecule has 3 aliphatic rings. The van der Waals surface area contributed by atoms with Crippen LogP contribution in [0.25, 0.3) is 67.5 Å². The molecule has 59 heavy (non-hydrogen) atoms. The smallest absolute Gasteiger partial charge is 0.164 e. The topological polar surface area (TPSA) is 47.9 Å². The van der Waals surface area contributed by atoms with Gasteiger partial charge in [0.05, 0.1) is 5.41 Å². The van der Waals surface area contributed by atoms with Gasteiger partial charge in [-0.2, -0.15) is 0 Å². The average molecular weight is 756 g/mol. The standard InChI is InChI=1S/C55H37N3O/c1-54(2)46-33-49-47(55(45-26-13-14-27-48(45)59-49)43-24-11-9-20-38(43)39-21-10-12-25-44(39)55)32-42(46)40-22-15-23-41(50(40)54)53-57-51(36-18-7-4-8-19-36)56-52(58-53)37-30-28-35(29-31-37)34-16-5-3-6-17-34/h3-33H,1-2H3. The summed E-state index contributed by atoms with van der Waals surface area (Å²) in [5, 5.41) is 0. The average Bonchev–Trinajstić information content (AvgIpc) is 3.71. The van der Waals surface area contributed by atoms with Crippen LogP contribution < -0.4 is 4.74 Å². The zero-order valence-electron chi connectivity index (χ0n) is 32.6. The van der Waals surface area contributed by atoms with E-state index < -0.39 is 10.8 Å². The van der Waals surface area contributed by atoms with E-state index in [1.165, 1.54) is 55.6 Å². The minimum Gasteiger partial charge on any atom is -0.457 e. The number of rotatable bonds is 4. The van der Waals surface area contributed by atoms with Gasteiger partial charge in [-0.05, 0) is 73.8 Å². The minimum atomic E-state index is -0.541. The fraction of sp³-hybridized carbons (Fsp3) is 0.0727. The number of benzene rings is 8. The third kappa shape index (κ3) is 4.80. The maximum atomic E-state index is 6.96. The Hall–Kier alpha value is -7.43. The van der Waals surface area contributed by atoms with Gasteiger partial charge in [-0.3, -0.25) is 0 Å². The summed E-state index contributed by atoms with van der Waals surface area (Å²) in [4.78, 5) is 15.6. The Labute approximate surface area is 343 Å². The van der Waals surface area contributed by atoms with Gasteiger partial charge in [0.2, 0.25) is 0 Å². The van der Waals surface area contributed by atoms with Crippen LogP contribution >= 0.6 is 0 Å². The van der Waals surface area contributed by atoms with Gasteiger partial charge in [-0.1, -0.05) is 184 Å². The Balaban J connectivity index is 1.06. The molecule has 12 rings (SSSR count). The molecule has 0 saturated carbocycles. The first kappa shape index (κ1) is 33.7. The molecule has 0 amide bonds. The molecule has 0 atom stereocenters. The van der Waals surface area contributed by atoms with Crippen LogP contribution in [-0.4, -0.2) is 15.0 Å². The van der Waals surface area contributed by atoms with Gasteiger partial charge in [0.15, 0.2) is 17.5 Å². The first-order valence-corrected chi connectivity index (χ1v) is 20.3. The van der Waals surface area contributed by atoms with Gasteiger partial charge in [0.25, 0.3) is 0 Å². The molecule has 9 aromatic rings. The fourth-order valence-electron chi connectivity index (χ4n) is 10.2. The maximum absolute atomic E-state index is 6.96. The van der Waals surface area contributed by atoms with Crippen LogP contribution in [0.1, 0.15) is 47.2 Å². The normalized spacial score (nSPS) is 14.3. The predicted octanol–water partition coefficient (Wildman–Crippen LogP) is 13.3. The summed E-state index contributed by atoms with van der Waals surface area (Å²) in [6.45, 7) is 4.64. The molecule has 2 heterocycles. The van der Waals surface area contributed by atoms with E-state index in [-0.39, 0.29) is 0 Å². The van der Waals surface area contributed by atoms with E-state index >= 15 is 0 Å². The Morgan fingerprint density at radius 2 is 0.831 bits per heavy atom. The Kier molecular flexibility index (Phi) is 7.16. The van der Waals surface area contributed by atoms with Crippen molar-refractivity contribution in [1.82, 2.24) is 15.0 Å². The first-order chi connectivity index (χ1) is 29.0. The van der Waals surface area contributed by atoms with Crippen LogP contribution in [0.2, 0.25) is 0 Å². The summed E-state index contributed by atoms with van der Waals surface area (Å²) in [6.07, 6.45) is 0. The molecule has 0 bridgehead atoms.